The Labute approximate surface area is 303 Å². The van der Waals surface area contributed by atoms with E-state index in [4.69, 9.17) is 14.7 Å². The maximum absolute atomic E-state index is 6.30. The molecule has 5 nitrogen and oxygen atoms in total. The Kier molecular flexibility index (Phi) is 5.71. The molecule has 0 amide bonds. The number of nitrogens with zero attached hydrogens (tertiary/aromatic N) is 4. The van der Waals surface area contributed by atoms with Gasteiger partial charge in [0.2, 0.25) is 5.95 Å². The second kappa shape index (κ2) is 10.6. The molecule has 1 aliphatic heterocycles. The number of hydrogen-bond acceptors (Lipinski definition) is 3. The molecule has 0 radical (unpaired) electrons. The molecular formula is C48H28N4O. The summed E-state index contributed by atoms with van der Waals surface area (Å²) in [6.45, 7) is 0. The summed E-state index contributed by atoms with van der Waals surface area (Å²) < 4.78 is 11.0. The summed E-state index contributed by atoms with van der Waals surface area (Å²) in [6.07, 6.45) is 0. The summed E-state index contributed by atoms with van der Waals surface area (Å²) in [5, 5.41) is 8.18. The molecule has 12 rings (SSSR count). The molecule has 0 bridgehead atoms. The predicted molar refractivity (Wildman–Crippen MR) is 217 cm³/mol. The predicted octanol–water partition coefficient (Wildman–Crippen LogP) is 12.4. The van der Waals surface area contributed by atoms with E-state index in [1.54, 1.807) is 0 Å². The van der Waals surface area contributed by atoms with Crippen molar-refractivity contribution in [3.05, 3.63) is 170 Å². The van der Waals surface area contributed by atoms with E-state index < -0.39 is 0 Å². The van der Waals surface area contributed by atoms with E-state index in [-0.39, 0.29) is 0 Å². The van der Waals surface area contributed by atoms with Crippen LogP contribution in [0.1, 0.15) is 0 Å². The van der Waals surface area contributed by atoms with Crippen LogP contribution < -0.4 is 4.74 Å². The summed E-state index contributed by atoms with van der Waals surface area (Å²) in [5.74, 6) is 2.22. The summed E-state index contributed by atoms with van der Waals surface area (Å²) >= 11 is 0. The lowest BCUT2D eigenvalue weighted by molar-refractivity contribution is 0.486. The average molecular weight is 677 g/mol. The third-order valence-electron chi connectivity index (χ3n) is 10.9. The molecule has 0 fully saturated rings. The first kappa shape index (κ1) is 28.5. The molecule has 8 aromatic carbocycles. The Bertz CT molecular complexity index is 3330. The Balaban J connectivity index is 1.11. The van der Waals surface area contributed by atoms with Crippen LogP contribution in [0.2, 0.25) is 0 Å². The highest BCUT2D eigenvalue weighted by Crippen LogP contribution is 2.46. The Morgan fingerprint density at radius 3 is 1.79 bits per heavy atom. The van der Waals surface area contributed by atoms with Gasteiger partial charge in [-0.3, -0.25) is 4.57 Å². The van der Waals surface area contributed by atoms with Crippen LogP contribution in [0.15, 0.2) is 170 Å². The first-order chi connectivity index (χ1) is 26.3. The van der Waals surface area contributed by atoms with E-state index >= 15 is 0 Å². The molecule has 11 aromatic rings. The quantitative estimate of drug-likeness (QED) is 0.187. The van der Waals surface area contributed by atoms with Gasteiger partial charge in [-0.2, -0.15) is 0 Å². The van der Waals surface area contributed by atoms with Crippen LogP contribution in [0.25, 0.3) is 99.3 Å². The van der Waals surface area contributed by atoms with Gasteiger partial charge in [-0.15, -0.1) is 0 Å². The normalized spacial score (nSPS) is 12.3. The molecule has 0 N–H and O–H groups in total. The van der Waals surface area contributed by atoms with Gasteiger partial charge in [0, 0.05) is 32.5 Å². The van der Waals surface area contributed by atoms with Crippen LogP contribution in [0.3, 0.4) is 0 Å². The second-order valence-electron chi connectivity index (χ2n) is 13.8. The minimum absolute atomic E-state index is 0.635. The van der Waals surface area contributed by atoms with E-state index in [2.05, 4.69) is 143 Å². The Hall–Kier alpha value is -7.24. The van der Waals surface area contributed by atoms with Gasteiger partial charge < -0.3 is 9.30 Å². The lowest BCUT2D eigenvalue weighted by Gasteiger charge is -2.21. The van der Waals surface area contributed by atoms with Gasteiger partial charge in [-0.25, -0.2) is 9.97 Å². The molecular weight excluding hydrogens is 649 g/mol. The average Bonchev–Trinajstić information content (AvgIpc) is 3.73. The van der Waals surface area contributed by atoms with Gasteiger partial charge in [-0.1, -0.05) is 115 Å². The van der Waals surface area contributed by atoms with Crippen LogP contribution in [0, 0.1) is 0 Å². The van der Waals surface area contributed by atoms with Crippen molar-refractivity contribution in [1.29, 1.82) is 0 Å². The lowest BCUT2D eigenvalue weighted by Crippen LogP contribution is -2.06. The van der Waals surface area contributed by atoms with Crippen molar-refractivity contribution in [2.24, 2.45) is 0 Å². The topological polar surface area (TPSA) is 44.9 Å². The number of hydrogen-bond donors (Lipinski definition) is 0. The fourth-order valence-corrected chi connectivity index (χ4v) is 8.57. The standard InChI is InChI=1S/C48H28N4O/c1-2-13-32-29(11-1)12-9-20-39(32)51-40-18-6-3-14-33(40)35-25-23-30(27-42(35)51)31-24-26-36-34-15-4-7-19-41(34)52(43(36)28-31)48-49-38-17-10-22-45-46(38)47(50-48)37-16-5-8-21-44(37)53-45/h1-28H. The number of ether oxygens (including phenoxy) is 1. The third-order valence-corrected chi connectivity index (χ3v) is 10.9. The van der Waals surface area contributed by atoms with Crippen LogP contribution >= 0.6 is 0 Å². The molecule has 0 saturated carbocycles. The number of benzene rings is 8. The van der Waals surface area contributed by atoms with Crippen molar-refractivity contribution in [1.82, 2.24) is 19.1 Å². The number of para-hydroxylation sites is 3. The monoisotopic (exact) mass is 676 g/mol. The van der Waals surface area contributed by atoms with E-state index in [9.17, 15) is 0 Å². The van der Waals surface area contributed by atoms with Crippen molar-refractivity contribution in [3.8, 4) is 45.5 Å². The minimum atomic E-state index is 0.635. The zero-order chi connectivity index (χ0) is 34.6. The first-order valence-electron chi connectivity index (χ1n) is 17.9. The summed E-state index contributed by atoms with van der Waals surface area (Å²) in [7, 11) is 0. The number of aromatic nitrogens is 4. The smallest absolute Gasteiger partial charge is 0.235 e. The van der Waals surface area contributed by atoms with Crippen LogP contribution in [0.5, 0.6) is 11.5 Å². The van der Waals surface area contributed by atoms with E-state index in [0.717, 1.165) is 66.6 Å². The number of fused-ring (bicyclic) bond motifs is 9. The van der Waals surface area contributed by atoms with Crippen molar-refractivity contribution in [2.75, 3.05) is 0 Å². The highest BCUT2D eigenvalue weighted by molar-refractivity contribution is 6.13. The molecule has 0 unspecified atom stereocenters. The molecule has 4 heterocycles. The van der Waals surface area contributed by atoms with E-state index in [1.807, 2.05) is 36.4 Å². The molecule has 0 saturated heterocycles. The van der Waals surface area contributed by atoms with E-state index in [0.29, 0.717) is 5.95 Å². The van der Waals surface area contributed by atoms with Crippen LogP contribution in [-0.4, -0.2) is 19.1 Å². The molecule has 53 heavy (non-hydrogen) atoms. The van der Waals surface area contributed by atoms with Gasteiger partial charge >= 0.3 is 0 Å². The molecule has 0 aliphatic carbocycles. The highest BCUT2D eigenvalue weighted by Gasteiger charge is 2.24. The van der Waals surface area contributed by atoms with Gasteiger partial charge in [0.05, 0.1) is 44.4 Å². The highest BCUT2D eigenvalue weighted by atomic mass is 16.5. The minimum Gasteiger partial charge on any atom is -0.456 e. The maximum Gasteiger partial charge on any atom is 0.235 e. The van der Waals surface area contributed by atoms with Crippen molar-refractivity contribution >= 4 is 65.3 Å². The fourth-order valence-electron chi connectivity index (χ4n) is 8.57. The summed E-state index contributed by atoms with van der Waals surface area (Å²) in [5.41, 5.74) is 10.6. The summed E-state index contributed by atoms with van der Waals surface area (Å²) in [6, 6.07) is 60.3. The van der Waals surface area contributed by atoms with Gasteiger partial charge in [-0.05, 0) is 71.1 Å². The van der Waals surface area contributed by atoms with Crippen LogP contribution in [-0.2, 0) is 0 Å². The number of rotatable bonds is 3. The van der Waals surface area contributed by atoms with Gasteiger partial charge in [0.15, 0.2) is 0 Å². The van der Waals surface area contributed by atoms with E-state index in [1.165, 1.54) is 38.3 Å². The van der Waals surface area contributed by atoms with Crippen LogP contribution in [0.4, 0.5) is 0 Å². The third kappa shape index (κ3) is 4.02. The molecule has 1 aliphatic rings. The first-order valence-corrected chi connectivity index (χ1v) is 17.9. The molecule has 5 heteroatoms. The van der Waals surface area contributed by atoms with Crippen molar-refractivity contribution in [3.63, 3.8) is 0 Å². The molecule has 0 atom stereocenters. The fraction of sp³-hybridized carbons (Fsp3) is 0. The van der Waals surface area contributed by atoms with Gasteiger partial charge in [0.1, 0.15) is 11.5 Å². The SMILES string of the molecule is c1ccc2c(c1)Oc1cccc3nc(-n4c5ccccc5c5ccc(-c6ccc7c8ccccc8n(-c8cccc9ccccc89)c7c6)cc54)nc-2c13. The zero-order valence-corrected chi connectivity index (χ0v) is 28.4. The Morgan fingerprint density at radius 2 is 1.00 bits per heavy atom. The molecule has 246 valence electrons. The van der Waals surface area contributed by atoms with Crippen molar-refractivity contribution < 1.29 is 4.74 Å². The van der Waals surface area contributed by atoms with Crippen molar-refractivity contribution in [2.45, 2.75) is 0 Å². The maximum atomic E-state index is 6.30. The lowest BCUT2D eigenvalue weighted by atomic mass is 10.0. The second-order valence-corrected chi connectivity index (χ2v) is 13.8. The molecule has 0 spiro atoms. The largest absolute Gasteiger partial charge is 0.456 e. The Morgan fingerprint density at radius 1 is 0.415 bits per heavy atom. The molecule has 3 aromatic heterocycles. The van der Waals surface area contributed by atoms with Gasteiger partial charge in [0.25, 0.3) is 0 Å². The summed E-state index contributed by atoms with van der Waals surface area (Å²) in [4.78, 5) is 10.5. The zero-order valence-electron chi connectivity index (χ0n) is 28.4.